The third-order valence-corrected chi connectivity index (χ3v) is 3.73. The van der Waals surface area contributed by atoms with Gasteiger partial charge in [0.05, 0.1) is 6.54 Å². The summed E-state index contributed by atoms with van der Waals surface area (Å²) in [6, 6.07) is 5.92. The number of fused-ring (bicyclic) bond motifs is 1. The van der Waals surface area contributed by atoms with Crippen LogP contribution in [0.2, 0.25) is 0 Å². The summed E-state index contributed by atoms with van der Waals surface area (Å²) < 4.78 is 10.5. The van der Waals surface area contributed by atoms with Gasteiger partial charge in [0.2, 0.25) is 6.79 Å². The van der Waals surface area contributed by atoms with E-state index in [0.717, 1.165) is 12.3 Å². The number of ether oxygens (including phenoxy) is 2. The summed E-state index contributed by atoms with van der Waals surface area (Å²) in [4.78, 5) is 14.5. The Morgan fingerprint density at radius 3 is 3.00 bits per heavy atom. The van der Waals surface area contributed by atoms with Gasteiger partial charge in [-0.25, -0.2) is 0 Å². The van der Waals surface area contributed by atoms with Crippen LogP contribution >= 0.6 is 0 Å². The van der Waals surface area contributed by atoms with Crippen LogP contribution in [0.25, 0.3) is 0 Å². The Bertz CT molecular complexity index is 472. The van der Waals surface area contributed by atoms with Gasteiger partial charge in [-0.05, 0) is 44.5 Å². The van der Waals surface area contributed by atoms with Crippen molar-refractivity contribution in [3.05, 3.63) is 23.8 Å². The van der Waals surface area contributed by atoms with Crippen LogP contribution in [0.4, 0.5) is 0 Å². The summed E-state index contributed by atoms with van der Waals surface area (Å²) in [5, 5.41) is 0. The molecule has 4 nitrogen and oxygen atoms in total. The van der Waals surface area contributed by atoms with Gasteiger partial charge in [0.1, 0.15) is 0 Å². The van der Waals surface area contributed by atoms with Gasteiger partial charge in [-0.1, -0.05) is 0 Å². The fourth-order valence-electron chi connectivity index (χ4n) is 2.57. The van der Waals surface area contributed by atoms with Crippen LogP contribution in [0.3, 0.4) is 0 Å². The van der Waals surface area contributed by atoms with Crippen LogP contribution < -0.4 is 9.47 Å². The fraction of sp³-hybridized carbons (Fsp3) is 0.500. The molecule has 3 rings (SSSR count). The SMILES string of the molecule is CC1CCCN1CC(=O)c1ccc2c(c1)OCO2. The second-order valence-corrected chi connectivity index (χ2v) is 4.95. The van der Waals surface area contributed by atoms with Crippen molar-refractivity contribution >= 4 is 5.78 Å². The molecule has 1 atom stereocenters. The van der Waals surface area contributed by atoms with E-state index in [0.29, 0.717) is 23.9 Å². The van der Waals surface area contributed by atoms with Gasteiger partial charge in [0.25, 0.3) is 0 Å². The molecular weight excluding hydrogens is 230 g/mol. The van der Waals surface area contributed by atoms with E-state index >= 15 is 0 Å². The lowest BCUT2D eigenvalue weighted by Crippen LogP contribution is -2.32. The molecule has 18 heavy (non-hydrogen) atoms. The monoisotopic (exact) mass is 247 g/mol. The molecule has 0 amide bonds. The number of likely N-dealkylation sites (tertiary alicyclic amines) is 1. The molecule has 0 aromatic heterocycles. The molecule has 0 N–H and O–H groups in total. The number of ketones is 1. The van der Waals surface area contributed by atoms with Crippen molar-refractivity contribution in [2.75, 3.05) is 19.9 Å². The average Bonchev–Trinajstić information content (AvgIpc) is 2.98. The Hall–Kier alpha value is -1.55. The second-order valence-electron chi connectivity index (χ2n) is 4.95. The lowest BCUT2D eigenvalue weighted by atomic mass is 10.1. The maximum Gasteiger partial charge on any atom is 0.231 e. The average molecular weight is 247 g/mol. The highest BCUT2D eigenvalue weighted by Crippen LogP contribution is 2.32. The highest BCUT2D eigenvalue weighted by molar-refractivity contribution is 5.98. The first kappa shape index (κ1) is 11.5. The van der Waals surface area contributed by atoms with E-state index in [-0.39, 0.29) is 12.6 Å². The van der Waals surface area contributed by atoms with Crippen molar-refractivity contribution in [3.8, 4) is 11.5 Å². The quantitative estimate of drug-likeness (QED) is 0.767. The van der Waals surface area contributed by atoms with E-state index in [1.54, 1.807) is 6.07 Å². The molecule has 1 aromatic carbocycles. The third-order valence-electron chi connectivity index (χ3n) is 3.73. The number of hydrogen-bond donors (Lipinski definition) is 0. The summed E-state index contributed by atoms with van der Waals surface area (Å²) in [5.41, 5.74) is 0.707. The highest BCUT2D eigenvalue weighted by atomic mass is 16.7. The van der Waals surface area contributed by atoms with Gasteiger partial charge in [0.15, 0.2) is 17.3 Å². The maximum absolute atomic E-state index is 12.2. The van der Waals surface area contributed by atoms with Gasteiger partial charge in [-0.2, -0.15) is 0 Å². The third kappa shape index (κ3) is 2.08. The molecule has 96 valence electrons. The Morgan fingerprint density at radius 2 is 2.22 bits per heavy atom. The normalized spacial score (nSPS) is 22.4. The number of carbonyl (C=O) groups is 1. The molecule has 0 spiro atoms. The van der Waals surface area contributed by atoms with Crippen molar-refractivity contribution in [1.82, 2.24) is 4.90 Å². The van der Waals surface area contributed by atoms with Crippen molar-refractivity contribution in [3.63, 3.8) is 0 Å². The fourth-order valence-corrected chi connectivity index (χ4v) is 2.57. The molecule has 2 aliphatic rings. The topological polar surface area (TPSA) is 38.8 Å². The molecule has 1 unspecified atom stereocenters. The van der Waals surface area contributed by atoms with E-state index in [2.05, 4.69) is 11.8 Å². The van der Waals surface area contributed by atoms with Gasteiger partial charge in [0, 0.05) is 11.6 Å². The number of carbonyl (C=O) groups excluding carboxylic acids is 1. The lowest BCUT2D eigenvalue weighted by molar-refractivity contribution is 0.0926. The smallest absolute Gasteiger partial charge is 0.231 e. The zero-order chi connectivity index (χ0) is 12.5. The lowest BCUT2D eigenvalue weighted by Gasteiger charge is -2.19. The molecule has 2 heterocycles. The minimum absolute atomic E-state index is 0.155. The van der Waals surface area contributed by atoms with E-state index in [1.807, 2.05) is 12.1 Å². The number of benzene rings is 1. The summed E-state index contributed by atoms with van der Waals surface area (Å²) in [6.07, 6.45) is 2.38. The Balaban J connectivity index is 1.72. The van der Waals surface area contributed by atoms with E-state index in [4.69, 9.17) is 9.47 Å². The molecule has 0 bridgehead atoms. The predicted molar refractivity (Wildman–Crippen MR) is 67.2 cm³/mol. The first-order valence-corrected chi connectivity index (χ1v) is 6.41. The maximum atomic E-state index is 12.2. The van der Waals surface area contributed by atoms with Crippen LogP contribution in [0.5, 0.6) is 11.5 Å². The van der Waals surface area contributed by atoms with Crippen LogP contribution in [0.1, 0.15) is 30.1 Å². The molecule has 1 fully saturated rings. The van der Waals surface area contributed by atoms with Crippen LogP contribution in [-0.2, 0) is 0 Å². The molecule has 0 aliphatic carbocycles. The molecular formula is C14H17NO3. The molecule has 1 saturated heterocycles. The van der Waals surface area contributed by atoms with Gasteiger partial charge >= 0.3 is 0 Å². The Labute approximate surface area is 106 Å². The minimum atomic E-state index is 0.155. The van der Waals surface area contributed by atoms with Crippen LogP contribution in [0.15, 0.2) is 18.2 Å². The minimum Gasteiger partial charge on any atom is -0.454 e. The van der Waals surface area contributed by atoms with Gasteiger partial charge in [-0.15, -0.1) is 0 Å². The van der Waals surface area contributed by atoms with E-state index < -0.39 is 0 Å². The van der Waals surface area contributed by atoms with Crippen molar-refractivity contribution < 1.29 is 14.3 Å². The summed E-state index contributed by atoms with van der Waals surface area (Å²) in [7, 11) is 0. The Morgan fingerprint density at radius 1 is 1.39 bits per heavy atom. The highest BCUT2D eigenvalue weighted by Gasteiger charge is 2.23. The standard InChI is InChI=1S/C14H17NO3/c1-10-3-2-6-15(10)8-12(16)11-4-5-13-14(7-11)18-9-17-13/h4-5,7,10H,2-3,6,8-9H2,1H3. The van der Waals surface area contributed by atoms with Gasteiger partial charge in [-0.3, -0.25) is 9.69 Å². The Kier molecular flexibility index (Phi) is 2.96. The van der Waals surface area contributed by atoms with Crippen molar-refractivity contribution in [1.29, 1.82) is 0 Å². The number of rotatable bonds is 3. The number of Topliss-reactive ketones (excluding diaryl/α,β-unsaturated/α-hetero) is 1. The van der Waals surface area contributed by atoms with Gasteiger partial charge < -0.3 is 9.47 Å². The first-order valence-electron chi connectivity index (χ1n) is 6.41. The second kappa shape index (κ2) is 4.61. The largest absolute Gasteiger partial charge is 0.454 e. The molecule has 0 radical (unpaired) electrons. The number of nitrogens with zero attached hydrogens (tertiary/aromatic N) is 1. The van der Waals surface area contributed by atoms with Crippen LogP contribution in [-0.4, -0.2) is 36.6 Å². The summed E-state index contributed by atoms with van der Waals surface area (Å²) in [5.74, 6) is 1.55. The zero-order valence-electron chi connectivity index (χ0n) is 10.5. The van der Waals surface area contributed by atoms with Crippen LogP contribution in [0, 0.1) is 0 Å². The summed E-state index contributed by atoms with van der Waals surface area (Å²) >= 11 is 0. The van der Waals surface area contributed by atoms with E-state index in [9.17, 15) is 4.79 Å². The molecule has 1 aromatic rings. The van der Waals surface area contributed by atoms with E-state index in [1.165, 1.54) is 12.8 Å². The zero-order valence-corrected chi connectivity index (χ0v) is 10.5. The predicted octanol–water partition coefficient (Wildman–Crippen LogP) is 2.08. The first-order chi connectivity index (χ1) is 8.74. The molecule has 2 aliphatic heterocycles. The van der Waals surface area contributed by atoms with Crippen molar-refractivity contribution in [2.45, 2.75) is 25.8 Å². The number of hydrogen-bond acceptors (Lipinski definition) is 4. The molecule has 4 heteroatoms. The van der Waals surface area contributed by atoms with Crippen molar-refractivity contribution in [2.24, 2.45) is 0 Å². The molecule has 0 saturated carbocycles. The summed E-state index contributed by atoms with van der Waals surface area (Å²) in [6.45, 7) is 3.95.